The number of hydrogen-bond acceptors (Lipinski definition) is 2. The zero-order valence-corrected chi connectivity index (χ0v) is 7.21. The number of rotatable bonds is 2. The van der Waals surface area contributed by atoms with Crippen LogP contribution in [0.2, 0.25) is 0 Å². The van der Waals surface area contributed by atoms with Crippen LogP contribution in [0, 0.1) is 0 Å². The Balaban J connectivity index is 0.00000121. The van der Waals surface area contributed by atoms with Gasteiger partial charge in [-0.05, 0) is 17.7 Å². The summed E-state index contributed by atoms with van der Waals surface area (Å²) in [5.41, 5.74) is 11.9. The Kier molecular flexibility index (Phi) is 4.33. The first kappa shape index (κ1) is 10.9. The van der Waals surface area contributed by atoms with E-state index >= 15 is 0 Å². The molecule has 1 aromatic rings. The van der Waals surface area contributed by atoms with Crippen molar-refractivity contribution in [3.8, 4) is 0 Å². The normalized spacial score (nSPS) is 8.75. The number of amides is 1. The Morgan fingerprint density at radius 1 is 1.25 bits per heavy atom. The summed E-state index contributed by atoms with van der Waals surface area (Å²) in [5.74, 6) is -0.409. The zero-order chi connectivity index (χ0) is 8.27. The molecule has 0 radical (unpaired) electrons. The fourth-order valence-electron chi connectivity index (χ4n) is 0.805. The predicted molar refractivity (Wildman–Crippen MR) is 42.9 cm³/mol. The molecular weight excluding hydrogens is 176 g/mol. The minimum Gasteiger partial charge on any atom is -1.00 e. The number of hydrogen-bond donors (Lipinski definition) is 2. The Morgan fingerprint density at radius 3 is 2.08 bits per heavy atom. The summed E-state index contributed by atoms with van der Waals surface area (Å²) in [6.07, 6.45) is 0. The second-order valence-electron chi connectivity index (χ2n) is 2.27. The van der Waals surface area contributed by atoms with Crippen LogP contribution in [0.3, 0.4) is 0 Å². The number of primary amides is 1. The van der Waals surface area contributed by atoms with Crippen LogP contribution >= 0.6 is 0 Å². The van der Waals surface area contributed by atoms with Crippen LogP contribution in [0.1, 0.15) is 15.9 Å². The van der Waals surface area contributed by atoms with Crippen LogP contribution in [-0.4, -0.2) is 5.91 Å². The minimum absolute atomic E-state index is 0. The molecule has 4 N–H and O–H groups in total. The molecule has 12 heavy (non-hydrogen) atoms. The summed E-state index contributed by atoms with van der Waals surface area (Å²) in [5, 5.41) is 0. The van der Waals surface area contributed by atoms with Crippen molar-refractivity contribution in [1.29, 1.82) is 0 Å². The van der Waals surface area contributed by atoms with Crippen molar-refractivity contribution in [2.75, 3.05) is 0 Å². The molecule has 0 unspecified atom stereocenters. The highest BCUT2D eigenvalue weighted by Gasteiger charge is 1.97. The second kappa shape index (κ2) is 4.74. The molecule has 0 saturated heterocycles. The number of benzene rings is 1. The first-order chi connectivity index (χ1) is 5.24. The quantitative estimate of drug-likeness (QED) is 0.525. The van der Waals surface area contributed by atoms with E-state index in [1.165, 1.54) is 0 Å². The Hall–Kier alpha value is -1.06. The first-order valence-corrected chi connectivity index (χ1v) is 3.33. The van der Waals surface area contributed by atoms with Crippen molar-refractivity contribution in [3.05, 3.63) is 35.4 Å². The molecule has 0 aromatic heterocycles. The third-order valence-corrected chi connectivity index (χ3v) is 1.47. The van der Waals surface area contributed by atoms with Crippen molar-refractivity contribution >= 4 is 5.91 Å². The summed E-state index contributed by atoms with van der Waals surface area (Å²) >= 11 is 0. The van der Waals surface area contributed by atoms with E-state index in [-0.39, 0.29) is 12.4 Å². The minimum atomic E-state index is -0.409. The molecule has 1 rings (SSSR count). The second-order valence-corrected chi connectivity index (χ2v) is 2.27. The first-order valence-electron chi connectivity index (χ1n) is 3.33. The summed E-state index contributed by atoms with van der Waals surface area (Å²) in [7, 11) is 0. The fourth-order valence-corrected chi connectivity index (χ4v) is 0.805. The Labute approximate surface area is 77.2 Å². The lowest BCUT2D eigenvalue weighted by Gasteiger charge is -1.96. The molecule has 0 atom stereocenters. The van der Waals surface area contributed by atoms with E-state index in [2.05, 4.69) is 0 Å². The lowest BCUT2D eigenvalue weighted by atomic mass is 10.1. The Bertz CT molecular complexity index is 258. The third kappa shape index (κ3) is 2.53. The largest absolute Gasteiger partial charge is 1.00 e. The molecule has 0 aliphatic carbocycles. The number of halogens is 1. The average molecular weight is 186 g/mol. The van der Waals surface area contributed by atoms with E-state index in [0.29, 0.717) is 12.1 Å². The maximum absolute atomic E-state index is 10.6. The molecule has 0 heterocycles. The van der Waals surface area contributed by atoms with Gasteiger partial charge in [-0.2, -0.15) is 0 Å². The van der Waals surface area contributed by atoms with Crippen molar-refractivity contribution in [2.45, 2.75) is 6.54 Å². The molecule has 0 saturated carbocycles. The van der Waals surface area contributed by atoms with Crippen molar-refractivity contribution < 1.29 is 17.2 Å². The Morgan fingerprint density at radius 2 is 1.75 bits per heavy atom. The molecular formula is C8H10ClN2O-. The van der Waals surface area contributed by atoms with E-state index in [1.807, 2.05) is 0 Å². The molecule has 0 spiro atoms. The van der Waals surface area contributed by atoms with Gasteiger partial charge in [0.1, 0.15) is 0 Å². The third-order valence-electron chi connectivity index (χ3n) is 1.47. The van der Waals surface area contributed by atoms with Crippen LogP contribution in [-0.2, 0) is 6.54 Å². The van der Waals surface area contributed by atoms with Crippen molar-refractivity contribution in [1.82, 2.24) is 0 Å². The highest BCUT2D eigenvalue weighted by molar-refractivity contribution is 5.92. The highest BCUT2D eigenvalue weighted by atomic mass is 35.5. The maximum Gasteiger partial charge on any atom is 0.248 e. The lowest BCUT2D eigenvalue weighted by molar-refractivity contribution is -0.0000106. The average Bonchev–Trinajstić information content (AvgIpc) is 2.05. The standard InChI is InChI=1S/C8H10N2O.ClH/c9-5-6-1-3-7(4-2-6)8(10)11;/h1-4H,5,9H2,(H2,10,11);1H/p-1. The van der Waals surface area contributed by atoms with Crippen LogP contribution in [0.15, 0.2) is 24.3 Å². The highest BCUT2D eigenvalue weighted by Crippen LogP contribution is 2.01. The molecule has 1 amide bonds. The van der Waals surface area contributed by atoms with Gasteiger partial charge < -0.3 is 23.9 Å². The summed E-state index contributed by atoms with van der Waals surface area (Å²) in [4.78, 5) is 10.6. The van der Waals surface area contributed by atoms with Gasteiger partial charge in [-0.3, -0.25) is 4.79 Å². The molecule has 0 fully saturated rings. The van der Waals surface area contributed by atoms with E-state index in [1.54, 1.807) is 24.3 Å². The SMILES string of the molecule is NCc1ccc(C(N)=O)cc1.[Cl-]. The zero-order valence-electron chi connectivity index (χ0n) is 6.46. The van der Waals surface area contributed by atoms with Crippen molar-refractivity contribution in [3.63, 3.8) is 0 Å². The van der Waals surface area contributed by atoms with E-state index in [4.69, 9.17) is 11.5 Å². The van der Waals surface area contributed by atoms with E-state index < -0.39 is 5.91 Å². The smallest absolute Gasteiger partial charge is 0.248 e. The van der Waals surface area contributed by atoms with Gasteiger partial charge in [-0.1, -0.05) is 12.1 Å². The predicted octanol–water partition coefficient (Wildman–Crippen LogP) is -2.75. The molecule has 0 aliphatic heterocycles. The molecule has 66 valence electrons. The van der Waals surface area contributed by atoms with Gasteiger partial charge in [0, 0.05) is 12.1 Å². The number of carbonyl (C=O) groups excluding carboxylic acids is 1. The molecule has 4 heteroatoms. The van der Waals surface area contributed by atoms with E-state index in [0.717, 1.165) is 5.56 Å². The van der Waals surface area contributed by atoms with Crippen LogP contribution in [0.25, 0.3) is 0 Å². The summed E-state index contributed by atoms with van der Waals surface area (Å²) in [6, 6.07) is 6.93. The molecule has 3 nitrogen and oxygen atoms in total. The summed E-state index contributed by atoms with van der Waals surface area (Å²) < 4.78 is 0. The van der Waals surface area contributed by atoms with Gasteiger partial charge in [0.15, 0.2) is 0 Å². The molecule has 0 bridgehead atoms. The van der Waals surface area contributed by atoms with Gasteiger partial charge in [0.05, 0.1) is 0 Å². The van der Waals surface area contributed by atoms with Crippen LogP contribution in [0.4, 0.5) is 0 Å². The topological polar surface area (TPSA) is 69.1 Å². The van der Waals surface area contributed by atoms with E-state index in [9.17, 15) is 4.79 Å². The van der Waals surface area contributed by atoms with Crippen molar-refractivity contribution in [2.24, 2.45) is 11.5 Å². The van der Waals surface area contributed by atoms with Gasteiger partial charge in [-0.15, -0.1) is 0 Å². The summed E-state index contributed by atoms with van der Waals surface area (Å²) in [6.45, 7) is 0.485. The van der Waals surface area contributed by atoms with Gasteiger partial charge in [0.2, 0.25) is 5.91 Å². The maximum atomic E-state index is 10.6. The van der Waals surface area contributed by atoms with Gasteiger partial charge in [0.25, 0.3) is 0 Å². The molecule has 0 aliphatic rings. The fraction of sp³-hybridized carbons (Fsp3) is 0.125. The van der Waals surface area contributed by atoms with Crippen LogP contribution < -0.4 is 23.9 Å². The monoisotopic (exact) mass is 185 g/mol. The van der Waals surface area contributed by atoms with Crippen LogP contribution in [0.5, 0.6) is 0 Å². The van der Waals surface area contributed by atoms with Gasteiger partial charge in [-0.25, -0.2) is 0 Å². The number of nitrogens with two attached hydrogens (primary N) is 2. The lowest BCUT2D eigenvalue weighted by Crippen LogP contribution is -3.00. The molecule has 1 aromatic carbocycles. The number of carbonyl (C=O) groups is 1. The van der Waals surface area contributed by atoms with Gasteiger partial charge >= 0.3 is 0 Å².